The number of hydrogen-bond donors (Lipinski definition) is 2. The molecule has 1 aromatic carbocycles. The number of nitrogens with one attached hydrogen (secondary N) is 2. The van der Waals surface area contributed by atoms with Gasteiger partial charge in [0.05, 0.1) is 5.69 Å². The van der Waals surface area contributed by atoms with Gasteiger partial charge < -0.3 is 5.32 Å². The van der Waals surface area contributed by atoms with E-state index in [4.69, 9.17) is 0 Å². The monoisotopic (exact) mass is 267 g/mol. The number of rotatable bonds is 2. The van der Waals surface area contributed by atoms with Gasteiger partial charge in [-0.1, -0.05) is 18.2 Å². The van der Waals surface area contributed by atoms with Gasteiger partial charge >= 0.3 is 10.2 Å². The first-order valence-corrected chi connectivity index (χ1v) is 7.66. The zero-order valence-electron chi connectivity index (χ0n) is 10.1. The smallest absolute Gasteiger partial charge is 0.301 e. The molecule has 2 N–H and O–H groups in total. The van der Waals surface area contributed by atoms with E-state index in [1.54, 1.807) is 10.4 Å². The predicted octanol–water partition coefficient (Wildman–Crippen LogP) is 0.768. The fraction of sp³-hybridized carbons (Fsp3) is 0.500. The fourth-order valence-electron chi connectivity index (χ4n) is 2.56. The van der Waals surface area contributed by atoms with Crippen LogP contribution in [0.2, 0.25) is 0 Å². The summed E-state index contributed by atoms with van der Waals surface area (Å²) in [6, 6.07) is 7.56. The van der Waals surface area contributed by atoms with Gasteiger partial charge in [0.2, 0.25) is 0 Å². The van der Waals surface area contributed by atoms with E-state index in [0.29, 0.717) is 24.7 Å². The van der Waals surface area contributed by atoms with Gasteiger partial charge in [0.25, 0.3) is 0 Å². The Morgan fingerprint density at radius 2 is 2.17 bits per heavy atom. The van der Waals surface area contributed by atoms with Gasteiger partial charge in [0.15, 0.2) is 0 Å². The highest BCUT2D eigenvalue weighted by molar-refractivity contribution is 7.90. The Bertz CT molecular complexity index is 538. The van der Waals surface area contributed by atoms with Crippen molar-refractivity contribution < 1.29 is 8.42 Å². The molecule has 6 heteroatoms. The molecule has 0 spiro atoms. The molecule has 2 aliphatic rings. The third kappa shape index (κ3) is 2.23. The van der Waals surface area contributed by atoms with Crippen molar-refractivity contribution in [3.05, 3.63) is 29.8 Å². The highest BCUT2D eigenvalue weighted by Gasteiger charge is 2.31. The molecule has 98 valence electrons. The summed E-state index contributed by atoms with van der Waals surface area (Å²) in [5, 5.41) is 3.27. The Balaban J connectivity index is 1.82. The van der Waals surface area contributed by atoms with Crippen LogP contribution in [-0.2, 0) is 16.8 Å². The van der Waals surface area contributed by atoms with Crippen molar-refractivity contribution in [3.63, 3.8) is 0 Å². The SMILES string of the molecule is O=S1(=O)Nc2ccccc2CN1C[C@@H]1CCNC1. The molecule has 1 fully saturated rings. The number of anilines is 1. The summed E-state index contributed by atoms with van der Waals surface area (Å²) < 4.78 is 28.4. The van der Waals surface area contributed by atoms with Crippen LogP contribution in [0.3, 0.4) is 0 Å². The van der Waals surface area contributed by atoms with Gasteiger partial charge in [-0.2, -0.15) is 12.7 Å². The Labute approximate surface area is 107 Å². The lowest BCUT2D eigenvalue weighted by Crippen LogP contribution is -2.42. The van der Waals surface area contributed by atoms with E-state index in [-0.39, 0.29) is 0 Å². The molecule has 1 aromatic rings. The molecule has 0 unspecified atom stereocenters. The van der Waals surface area contributed by atoms with Gasteiger partial charge in [-0.25, -0.2) is 0 Å². The number of para-hydroxylation sites is 1. The van der Waals surface area contributed by atoms with Crippen molar-refractivity contribution in [1.29, 1.82) is 0 Å². The average molecular weight is 267 g/mol. The summed E-state index contributed by atoms with van der Waals surface area (Å²) in [7, 11) is -3.37. The molecular formula is C12H17N3O2S. The summed E-state index contributed by atoms with van der Waals surface area (Å²) in [6.45, 7) is 2.97. The van der Waals surface area contributed by atoms with Gasteiger partial charge in [0, 0.05) is 13.1 Å². The Hall–Kier alpha value is -1.11. The topological polar surface area (TPSA) is 61.4 Å². The Morgan fingerprint density at radius 3 is 2.94 bits per heavy atom. The average Bonchev–Trinajstić information content (AvgIpc) is 2.82. The number of hydrogen-bond acceptors (Lipinski definition) is 3. The molecule has 0 saturated carbocycles. The van der Waals surface area contributed by atoms with Crippen LogP contribution in [0, 0.1) is 5.92 Å². The molecule has 1 saturated heterocycles. The Morgan fingerprint density at radius 1 is 1.33 bits per heavy atom. The fourth-order valence-corrected chi connectivity index (χ4v) is 3.88. The van der Waals surface area contributed by atoms with Crippen LogP contribution in [0.15, 0.2) is 24.3 Å². The van der Waals surface area contributed by atoms with E-state index >= 15 is 0 Å². The van der Waals surface area contributed by atoms with Crippen molar-refractivity contribution in [3.8, 4) is 0 Å². The van der Waals surface area contributed by atoms with Crippen LogP contribution in [0.5, 0.6) is 0 Å². The minimum absolute atomic E-state index is 0.423. The van der Waals surface area contributed by atoms with Crippen molar-refractivity contribution in [1.82, 2.24) is 9.62 Å². The third-order valence-corrected chi connectivity index (χ3v) is 5.00. The summed E-state index contributed by atoms with van der Waals surface area (Å²) in [5.74, 6) is 0.423. The first-order chi connectivity index (χ1) is 8.65. The van der Waals surface area contributed by atoms with E-state index in [1.807, 2.05) is 18.2 Å². The van der Waals surface area contributed by atoms with Gasteiger partial charge in [-0.05, 0) is 37.1 Å². The maximum atomic E-state index is 12.1. The first-order valence-electron chi connectivity index (χ1n) is 6.22. The van der Waals surface area contributed by atoms with E-state index in [9.17, 15) is 8.42 Å². The second-order valence-corrected chi connectivity index (χ2v) is 6.59. The molecule has 1 atom stereocenters. The van der Waals surface area contributed by atoms with Gasteiger partial charge in [-0.3, -0.25) is 4.72 Å². The van der Waals surface area contributed by atoms with Crippen LogP contribution in [-0.4, -0.2) is 32.4 Å². The van der Waals surface area contributed by atoms with Crippen molar-refractivity contribution in [2.24, 2.45) is 5.92 Å². The second kappa shape index (κ2) is 4.53. The lowest BCUT2D eigenvalue weighted by molar-refractivity contribution is 0.348. The maximum absolute atomic E-state index is 12.1. The van der Waals surface area contributed by atoms with E-state index in [2.05, 4.69) is 10.0 Å². The standard InChI is InChI=1S/C12H17N3O2S/c16-18(17)14-12-4-2-1-3-11(12)9-15(18)8-10-5-6-13-7-10/h1-4,10,13-14H,5-9H2/t10-/m1/s1. The molecule has 3 rings (SSSR count). The zero-order valence-corrected chi connectivity index (χ0v) is 10.9. The minimum atomic E-state index is -3.37. The summed E-state index contributed by atoms with van der Waals surface area (Å²) in [5.41, 5.74) is 1.75. The molecule has 0 aliphatic carbocycles. The van der Waals surface area contributed by atoms with Crippen LogP contribution in [0.1, 0.15) is 12.0 Å². The highest BCUT2D eigenvalue weighted by atomic mass is 32.2. The van der Waals surface area contributed by atoms with Gasteiger partial charge in [0.1, 0.15) is 0 Å². The summed E-state index contributed by atoms with van der Waals surface area (Å²) in [4.78, 5) is 0. The van der Waals surface area contributed by atoms with Crippen LogP contribution in [0.4, 0.5) is 5.69 Å². The summed E-state index contributed by atoms with van der Waals surface area (Å²) >= 11 is 0. The van der Waals surface area contributed by atoms with E-state index < -0.39 is 10.2 Å². The Kier molecular flexibility index (Phi) is 3.01. The van der Waals surface area contributed by atoms with Crippen molar-refractivity contribution in [2.75, 3.05) is 24.4 Å². The van der Waals surface area contributed by atoms with Gasteiger partial charge in [-0.15, -0.1) is 0 Å². The summed E-state index contributed by atoms with van der Waals surface area (Å²) in [6.07, 6.45) is 1.05. The van der Waals surface area contributed by atoms with E-state index in [0.717, 1.165) is 25.1 Å². The lowest BCUT2D eigenvalue weighted by atomic mass is 10.1. The second-order valence-electron chi connectivity index (χ2n) is 4.92. The first kappa shape index (κ1) is 12.0. The molecule has 0 aromatic heterocycles. The maximum Gasteiger partial charge on any atom is 0.301 e. The molecule has 0 radical (unpaired) electrons. The third-order valence-electron chi connectivity index (χ3n) is 3.57. The molecule has 0 bridgehead atoms. The van der Waals surface area contributed by atoms with Crippen LogP contribution < -0.4 is 10.0 Å². The number of benzene rings is 1. The highest BCUT2D eigenvalue weighted by Crippen LogP contribution is 2.27. The molecule has 5 nitrogen and oxygen atoms in total. The van der Waals surface area contributed by atoms with Crippen molar-refractivity contribution >= 4 is 15.9 Å². The molecule has 2 heterocycles. The zero-order chi connectivity index (χ0) is 12.6. The largest absolute Gasteiger partial charge is 0.316 e. The quantitative estimate of drug-likeness (QED) is 0.832. The molecule has 0 amide bonds. The predicted molar refractivity (Wildman–Crippen MR) is 70.4 cm³/mol. The lowest BCUT2D eigenvalue weighted by Gasteiger charge is -2.30. The molecule has 18 heavy (non-hydrogen) atoms. The normalized spacial score (nSPS) is 26.6. The molecular weight excluding hydrogens is 250 g/mol. The number of fused-ring (bicyclic) bond motifs is 1. The van der Waals surface area contributed by atoms with E-state index in [1.165, 1.54) is 0 Å². The minimum Gasteiger partial charge on any atom is -0.316 e. The van der Waals surface area contributed by atoms with Crippen molar-refractivity contribution in [2.45, 2.75) is 13.0 Å². The number of nitrogens with zero attached hydrogens (tertiary/aromatic N) is 1. The molecule has 2 aliphatic heterocycles. The van der Waals surface area contributed by atoms with Crippen LogP contribution >= 0.6 is 0 Å². The van der Waals surface area contributed by atoms with Crippen LogP contribution in [0.25, 0.3) is 0 Å².